The van der Waals surface area contributed by atoms with Crippen LogP contribution in [0.1, 0.15) is 5.56 Å². The normalized spacial score (nSPS) is 15.8. The zero-order valence-electron chi connectivity index (χ0n) is 8.62. The molecular weight excluding hydrogens is 246 g/mol. The van der Waals surface area contributed by atoms with Gasteiger partial charge in [0, 0.05) is 0 Å². The topological polar surface area (TPSA) is 75.8 Å². The second kappa shape index (κ2) is 4.08. The molecule has 5 nitrogen and oxygen atoms in total. The van der Waals surface area contributed by atoms with Crippen molar-refractivity contribution in [2.75, 3.05) is 10.9 Å². The van der Waals surface area contributed by atoms with E-state index >= 15 is 0 Å². The van der Waals surface area contributed by atoms with Crippen molar-refractivity contribution in [3.8, 4) is 0 Å². The van der Waals surface area contributed by atoms with Crippen molar-refractivity contribution in [2.45, 2.75) is 11.8 Å². The Bertz CT molecular complexity index is 540. The van der Waals surface area contributed by atoms with E-state index in [9.17, 15) is 8.42 Å². The van der Waals surface area contributed by atoms with Crippen molar-refractivity contribution < 1.29 is 8.42 Å². The average Bonchev–Trinajstić information content (AvgIpc) is 2.69. The molecule has 0 aliphatic carbocycles. The van der Waals surface area contributed by atoms with Gasteiger partial charge in [-0.2, -0.15) is 5.10 Å². The van der Waals surface area contributed by atoms with Crippen molar-refractivity contribution in [3.05, 3.63) is 23.8 Å². The monoisotopic (exact) mass is 257 g/mol. The Labute approximate surface area is 98.4 Å². The van der Waals surface area contributed by atoms with Crippen molar-refractivity contribution in [3.63, 3.8) is 0 Å². The number of sulfonamides is 1. The number of thioether (sulfide) groups is 1. The summed E-state index contributed by atoms with van der Waals surface area (Å²) < 4.78 is 22.7. The minimum atomic E-state index is -3.67. The van der Waals surface area contributed by atoms with Gasteiger partial charge in [-0.1, -0.05) is 17.8 Å². The van der Waals surface area contributed by atoms with Gasteiger partial charge in [0.25, 0.3) is 0 Å². The molecule has 1 aliphatic rings. The van der Waals surface area contributed by atoms with E-state index in [4.69, 9.17) is 5.14 Å². The highest BCUT2D eigenvalue weighted by Gasteiger charge is 2.18. The first-order valence-electron chi connectivity index (χ1n) is 4.54. The molecule has 86 valence electrons. The third-order valence-electron chi connectivity index (χ3n) is 2.30. The molecule has 0 unspecified atom stereocenters. The number of primary sulfonamides is 1. The molecule has 0 radical (unpaired) electrons. The second-order valence-corrected chi connectivity index (χ2v) is 5.69. The van der Waals surface area contributed by atoms with E-state index in [1.54, 1.807) is 35.3 Å². The van der Waals surface area contributed by atoms with Crippen molar-refractivity contribution in [2.24, 2.45) is 10.2 Å². The maximum atomic E-state index is 11.3. The average molecular weight is 257 g/mol. The Balaban J connectivity index is 2.52. The number of rotatable bonds is 2. The van der Waals surface area contributed by atoms with Gasteiger partial charge in [-0.25, -0.2) is 13.6 Å². The van der Waals surface area contributed by atoms with Crippen LogP contribution in [0.2, 0.25) is 0 Å². The summed E-state index contributed by atoms with van der Waals surface area (Å²) in [5, 5.41) is 11.0. The quantitative estimate of drug-likeness (QED) is 0.860. The van der Waals surface area contributed by atoms with Gasteiger partial charge in [0.15, 0.2) is 0 Å². The zero-order chi connectivity index (χ0) is 11.8. The van der Waals surface area contributed by atoms with Crippen LogP contribution in [-0.4, -0.2) is 19.8 Å². The zero-order valence-corrected chi connectivity index (χ0v) is 10.3. The van der Waals surface area contributed by atoms with Crippen LogP contribution in [0.25, 0.3) is 0 Å². The molecule has 0 spiro atoms. The highest BCUT2D eigenvalue weighted by atomic mass is 32.2. The SMILES string of the molecule is Cc1c(N2CSC=N2)cccc1S(N)(=O)=O. The van der Waals surface area contributed by atoms with Crippen LogP contribution in [0.5, 0.6) is 0 Å². The van der Waals surface area contributed by atoms with Gasteiger partial charge in [-0.05, 0) is 24.6 Å². The molecule has 1 aromatic carbocycles. The molecule has 1 aromatic rings. The summed E-state index contributed by atoms with van der Waals surface area (Å²) >= 11 is 1.55. The molecule has 0 aromatic heterocycles. The van der Waals surface area contributed by atoms with Gasteiger partial charge in [0.05, 0.1) is 22.0 Å². The summed E-state index contributed by atoms with van der Waals surface area (Å²) in [5.74, 6) is 0.689. The fraction of sp³-hybridized carbons (Fsp3) is 0.222. The fourth-order valence-corrected chi connectivity index (χ4v) is 2.94. The van der Waals surface area contributed by atoms with E-state index in [1.807, 2.05) is 6.07 Å². The molecule has 0 atom stereocenters. The minimum Gasteiger partial charge on any atom is -0.254 e. The van der Waals surface area contributed by atoms with Crippen LogP contribution in [0, 0.1) is 6.92 Å². The van der Waals surface area contributed by atoms with Crippen LogP contribution in [-0.2, 0) is 10.0 Å². The minimum absolute atomic E-state index is 0.150. The summed E-state index contributed by atoms with van der Waals surface area (Å²) in [7, 11) is -3.67. The Morgan fingerprint density at radius 2 is 2.25 bits per heavy atom. The standard InChI is InChI=1S/C9H11N3O2S2/c1-7-8(12-6-15-5-11-12)3-2-4-9(7)16(10,13)14/h2-5H,6H2,1H3,(H2,10,13,14). The molecular formula is C9H11N3O2S2. The van der Waals surface area contributed by atoms with E-state index in [0.29, 0.717) is 11.4 Å². The molecule has 2 N–H and O–H groups in total. The van der Waals surface area contributed by atoms with Gasteiger partial charge in [-0.3, -0.25) is 5.01 Å². The van der Waals surface area contributed by atoms with Crippen molar-refractivity contribution >= 4 is 33.0 Å². The summed E-state index contributed by atoms with van der Waals surface area (Å²) in [5.41, 5.74) is 3.13. The molecule has 1 aliphatic heterocycles. The van der Waals surface area contributed by atoms with Crippen LogP contribution < -0.4 is 10.1 Å². The first-order valence-corrected chi connectivity index (χ1v) is 7.13. The third-order valence-corrected chi connectivity index (χ3v) is 3.99. The lowest BCUT2D eigenvalue weighted by molar-refractivity contribution is 0.597. The maximum absolute atomic E-state index is 11.3. The van der Waals surface area contributed by atoms with Crippen LogP contribution >= 0.6 is 11.8 Å². The molecule has 7 heteroatoms. The van der Waals surface area contributed by atoms with Gasteiger partial charge >= 0.3 is 0 Å². The number of anilines is 1. The number of hydrazone groups is 1. The van der Waals surface area contributed by atoms with Gasteiger partial charge in [0.1, 0.15) is 0 Å². The molecule has 0 saturated heterocycles. The molecule has 0 fully saturated rings. The second-order valence-electron chi connectivity index (χ2n) is 3.36. The van der Waals surface area contributed by atoms with Crippen molar-refractivity contribution in [1.82, 2.24) is 0 Å². The number of hydrogen-bond donors (Lipinski definition) is 1. The maximum Gasteiger partial charge on any atom is 0.238 e. The Morgan fingerprint density at radius 3 is 2.81 bits per heavy atom. The van der Waals surface area contributed by atoms with E-state index in [0.717, 1.165) is 5.69 Å². The fourth-order valence-electron chi connectivity index (χ4n) is 1.55. The number of benzene rings is 1. The van der Waals surface area contributed by atoms with E-state index in [2.05, 4.69) is 5.10 Å². The van der Waals surface area contributed by atoms with Crippen LogP contribution in [0.15, 0.2) is 28.2 Å². The molecule has 2 rings (SSSR count). The molecule has 0 saturated carbocycles. The predicted molar refractivity (Wildman–Crippen MR) is 66.0 cm³/mol. The number of hydrogen-bond acceptors (Lipinski definition) is 5. The lowest BCUT2D eigenvalue weighted by Crippen LogP contribution is -2.17. The highest BCUT2D eigenvalue weighted by Crippen LogP contribution is 2.28. The third kappa shape index (κ3) is 2.06. The van der Waals surface area contributed by atoms with Gasteiger partial charge < -0.3 is 0 Å². The number of nitrogens with two attached hydrogens (primary N) is 1. The lowest BCUT2D eigenvalue weighted by atomic mass is 10.2. The van der Waals surface area contributed by atoms with Crippen molar-refractivity contribution in [1.29, 1.82) is 0 Å². The predicted octanol–water partition coefficient (Wildman–Crippen LogP) is 1.10. The molecule has 0 amide bonds. The Hall–Kier alpha value is -1.05. The van der Waals surface area contributed by atoms with E-state index in [1.165, 1.54) is 6.07 Å². The lowest BCUT2D eigenvalue weighted by Gasteiger charge is -2.17. The highest BCUT2D eigenvalue weighted by molar-refractivity contribution is 8.12. The molecule has 1 heterocycles. The summed E-state index contributed by atoms with van der Waals surface area (Å²) in [6.45, 7) is 1.73. The van der Waals surface area contributed by atoms with Crippen LogP contribution in [0.3, 0.4) is 0 Å². The molecule has 0 bridgehead atoms. The van der Waals surface area contributed by atoms with Gasteiger partial charge in [-0.15, -0.1) is 0 Å². The number of nitrogens with zero attached hydrogens (tertiary/aromatic N) is 2. The van der Waals surface area contributed by atoms with Crippen LogP contribution in [0.4, 0.5) is 5.69 Å². The summed E-state index contributed by atoms with van der Waals surface area (Å²) in [6, 6.07) is 4.99. The summed E-state index contributed by atoms with van der Waals surface area (Å²) in [6.07, 6.45) is 0. The Morgan fingerprint density at radius 1 is 1.50 bits per heavy atom. The summed E-state index contributed by atoms with van der Waals surface area (Å²) in [4.78, 5) is 0.150. The van der Waals surface area contributed by atoms with E-state index < -0.39 is 10.0 Å². The largest absolute Gasteiger partial charge is 0.254 e. The molecule has 16 heavy (non-hydrogen) atoms. The smallest absolute Gasteiger partial charge is 0.238 e. The first-order chi connectivity index (χ1) is 7.50. The first kappa shape index (κ1) is 11.4. The van der Waals surface area contributed by atoms with Gasteiger partial charge in [0.2, 0.25) is 10.0 Å². The van der Waals surface area contributed by atoms with E-state index in [-0.39, 0.29) is 4.90 Å². The Kier molecular flexibility index (Phi) is 2.92.